The highest BCUT2D eigenvalue weighted by Crippen LogP contribution is 2.15. The number of carbonyl (C=O) groups excluding carboxylic acids is 1. The first-order chi connectivity index (χ1) is 10.3. The zero-order chi connectivity index (χ0) is 16.3. The summed E-state index contributed by atoms with van der Waals surface area (Å²) in [4.78, 5) is 20.3. The van der Waals surface area contributed by atoms with Gasteiger partial charge in [-0.1, -0.05) is 0 Å². The molecule has 0 saturated carbocycles. The van der Waals surface area contributed by atoms with E-state index in [4.69, 9.17) is 0 Å². The van der Waals surface area contributed by atoms with Crippen LogP contribution in [0.3, 0.4) is 0 Å². The molecule has 1 aliphatic heterocycles. The first-order valence-electron chi connectivity index (χ1n) is 7.16. The molecule has 1 N–H and O–H groups in total. The molecule has 0 unspecified atom stereocenters. The molecule has 1 aromatic heterocycles. The molecule has 2 heterocycles. The Morgan fingerprint density at radius 1 is 1.41 bits per heavy atom. The van der Waals surface area contributed by atoms with Gasteiger partial charge in [-0.15, -0.1) is 0 Å². The van der Waals surface area contributed by atoms with Crippen LogP contribution in [0.25, 0.3) is 0 Å². The van der Waals surface area contributed by atoms with Gasteiger partial charge in [0.25, 0.3) is 5.91 Å². The van der Waals surface area contributed by atoms with Crippen LogP contribution in [0, 0.1) is 0 Å². The Kier molecular flexibility index (Phi) is 5.02. The van der Waals surface area contributed by atoms with Crippen molar-refractivity contribution in [2.24, 2.45) is 0 Å². The van der Waals surface area contributed by atoms with Crippen molar-refractivity contribution in [2.75, 3.05) is 38.3 Å². The second-order valence-corrected chi connectivity index (χ2v) is 7.56. The van der Waals surface area contributed by atoms with Gasteiger partial charge in [0.05, 0.1) is 11.8 Å². The number of hydrogen-bond donors (Lipinski definition) is 1. The molecule has 122 valence electrons. The number of amides is 1. The van der Waals surface area contributed by atoms with Gasteiger partial charge in [0.15, 0.2) is 0 Å². The fourth-order valence-electron chi connectivity index (χ4n) is 2.52. The Balaban J connectivity index is 2.05. The number of nitrogens with one attached hydrogen (secondary N) is 1. The highest BCUT2D eigenvalue weighted by molar-refractivity contribution is 7.88. The zero-order valence-corrected chi connectivity index (χ0v) is 13.9. The summed E-state index contributed by atoms with van der Waals surface area (Å²) >= 11 is 0. The smallest absolute Gasteiger partial charge is 0.255 e. The van der Waals surface area contributed by atoms with Crippen LogP contribution in [0.15, 0.2) is 18.3 Å². The molecule has 0 aromatic carbocycles. The van der Waals surface area contributed by atoms with Gasteiger partial charge in [-0.25, -0.2) is 18.1 Å². The monoisotopic (exact) mass is 326 g/mol. The summed E-state index contributed by atoms with van der Waals surface area (Å²) in [5, 5.41) is 0. The standard InChI is InChI=1S/C14H22N4O3S/c1-17(2)13-7-6-11(9-15-13)14(19)18-8-4-5-12(10-18)16-22(3,20)21/h6-7,9,12,16H,4-5,8,10H2,1-3H3/t12-/m0/s1. The number of carbonyl (C=O) groups is 1. The lowest BCUT2D eigenvalue weighted by Crippen LogP contribution is -2.49. The molecule has 7 nitrogen and oxygen atoms in total. The number of aromatic nitrogens is 1. The highest BCUT2D eigenvalue weighted by Gasteiger charge is 2.26. The lowest BCUT2D eigenvalue weighted by atomic mass is 10.1. The van der Waals surface area contributed by atoms with Crippen LogP contribution >= 0.6 is 0 Å². The largest absolute Gasteiger partial charge is 0.363 e. The third-order valence-electron chi connectivity index (χ3n) is 3.54. The third kappa shape index (κ3) is 4.41. The molecule has 2 rings (SSSR count). The van der Waals surface area contributed by atoms with E-state index in [9.17, 15) is 13.2 Å². The first kappa shape index (κ1) is 16.7. The Morgan fingerprint density at radius 3 is 2.68 bits per heavy atom. The van der Waals surface area contributed by atoms with E-state index in [1.807, 2.05) is 19.0 Å². The first-order valence-corrected chi connectivity index (χ1v) is 9.05. The second kappa shape index (κ2) is 6.62. The Bertz CT molecular complexity index is 628. The molecule has 1 fully saturated rings. The van der Waals surface area contributed by atoms with E-state index < -0.39 is 10.0 Å². The number of rotatable bonds is 4. The minimum atomic E-state index is -3.26. The number of anilines is 1. The van der Waals surface area contributed by atoms with Crippen LogP contribution in [-0.4, -0.2) is 63.7 Å². The zero-order valence-electron chi connectivity index (χ0n) is 13.1. The average molecular weight is 326 g/mol. The Hall–Kier alpha value is -1.67. The minimum Gasteiger partial charge on any atom is -0.363 e. The van der Waals surface area contributed by atoms with Crippen LogP contribution < -0.4 is 9.62 Å². The van der Waals surface area contributed by atoms with Crippen molar-refractivity contribution < 1.29 is 13.2 Å². The maximum atomic E-state index is 12.5. The molecule has 1 saturated heterocycles. The van der Waals surface area contributed by atoms with Crippen molar-refractivity contribution in [3.05, 3.63) is 23.9 Å². The molecule has 0 bridgehead atoms. The van der Waals surface area contributed by atoms with Crippen molar-refractivity contribution in [1.29, 1.82) is 0 Å². The fraction of sp³-hybridized carbons (Fsp3) is 0.571. The number of piperidine rings is 1. The molecule has 1 atom stereocenters. The SMILES string of the molecule is CN(C)c1ccc(C(=O)N2CCC[C@H](NS(C)(=O)=O)C2)cn1. The summed E-state index contributed by atoms with van der Waals surface area (Å²) in [7, 11) is 0.511. The fourth-order valence-corrected chi connectivity index (χ4v) is 3.32. The molecular formula is C14H22N4O3S. The third-order valence-corrected chi connectivity index (χ3v) is 4.30. The Morgan fingerprint density at radius 2 is 2.14 bits per heavy atom. The molecule has 22 heavy (non-hydrogen) atoms. The lowest BCUT2D eigenvalue weighted by Gasteiger charge is -2.32. The normalized spacial score (nSPS) is 19.0. The van der Waals surface area contributed by atoms with Crippen LogP contribution in [0.1, 0.15) is 23.2 Å². The van der Waals surface area contributed by atoms with Gasteiger partial charge < -0.3 is 9.80 Å². The summed E-state index contributed by atoms with van der Waals surface area (Å²) < 4.78 is 25.2. The van der Waals surface area contributed by atoms with Gasteiger partial charge in [0.2, 0.25) is 10.0 Å². The topological polar surface area (TPSA) is 82.6 Å². The van der Waals surface area contributed by atoms with Gasteiger partial charge in [-0.2, -0.15) is 0 Å². The van der Waals surface area contributed by atoms with Crippen LogP contribution in [0.4, 0.5) is 5.82 Å². The van der Waals surface area contributed by atoms with Crippen LogP contribution in [-0.2, 0) is 10.0 Å². The van der Waals surface area contributed by atoms with Crippen molar-refractivity contribution in [2.45, 2.75) is 18.9 Å². The van der Waals surface area contributed by atoms with Gasteiger partial charge in [-0.3, -0.25) is 4.79 Å². The van der Waals surface area contributed by atoms with E-state index in [-0.39, 0.29) is 11.9 Å². The van der Waals surface area contributed by atoms with E-state index in [0.717, 1.165) is 24.9 Å². The molecule has 1 aromatic rings. The summed E-state index contributed by atoms with van der Waals surface area (Å²) in [6, 6.07) is 3.32. The molecule has 1 amide bonds. The molecule has 0 spiro atoms. The van der Waals surface area contributed by atoms with Crippen LogP contribution in [0.2, 0.25) is 0 Å². The van der Waals surface area contributed by atoms with E-state index in [1.54, 1.807) is 23.2 Å². The van der Waals surface area contributed by atoms with Crippen molar-refractivity contribution >= 4 is 21.7 Å². The predicted molar refractivity (Wildman–Crippen MR) is 85.5 cm³/mol. The lowest BCUT2D eigenvalue weighted by molar-refractivity contribution is 0.0702. The molecule has 0 radical (unpaired) electrons. The molecule has 8 heteroatoms. The quantitative estimate of drug-likeness (QED) is 0.860. The van der Waals surface area contributed by atoms with E-state index >= 15 is 0 Å². The van der Waals surface area contributed by atoms with Crippen molar-refractivity contribution in [1.82, 2.24) is 14.6 Å². The van der Waals surface area contributed by atoms with Crippen molar-refractivity contribution in [3.63, 3.8) is 0 Å². The van der Waals surface area contributed by atoms with Gasteiger partial charge in [0.1, 0.15) is 5.82 Å². The van der Waals surface area contributed by atoms with E-state index in [2.05, 4.69) is 9.71 Å². The van der Waals surface area contributed by atoms with E-state index in [1.165, 1.54) is 0 Å². The summed E-state index contributed by atoms with van der Waals surface area (Å²) in [5.74, 6) is 0.671. The molecular weight excluding hydrogens is 304 g/mol. The molecule has 1 aliphatic rings. The maximum Gasteiger partial charge on any atom is 0.255 e. The van der Waals surface area contributed by atoms with Gasteiger partial charge >= 0.3 is 0 Å². The van der Waals surface area contributed by atoms with Crippen LogP contribution in [0.5, 0.6) is 0 Å². The maximum absolute atomic E-state index is 12.5. The number of nitrogens with zero attached hydrogens (tertiary/aromatic N) is 3. The highest BCUT2D eigenvalue weighted by atomic mass is 32.2. The van der Waals surface area contributed by atoms with Crippen molar-refractivity contribution in [3.8, 4) is 0 Å². The number of likely N-dealkylation sites (tertiary alicyclic amines) is 1. The molecule has 0 aliphatic carbocycles. The predicted octanol–water partition coefficient (Wildman–Crippen LogP) is 0.301. The minimum absolute atomic E-state index is 0.113. The second-order valence-electron chi connectivity index (χ2n) is 5.78. The summed E-state index contributed by atoms with van der Waals surface area (Å²) in [6.07, 6.45) is 4.22. The Labute approximate surface area is 131 Å². The average Bonchev–Trinajstić information content (AvgIpc) is 2.45. The number of hydrogen-bond acceptors (Lipinski definition) is 5. The summed E-state index contributed by atoms with van der Waals surface area (Å²) in [6.45, 7) is 1.03. The summed E-state index contributed by atoms with van der Waals surface area (Å²) in [5.41, 5.74) is 0.519. The van der Waals surface area contributed by atoms with E-state index in [0.29, 0.717) is 18.7 Å². The van der Waals surface area contributed by atoms with Gasteiger partial charge in [0, 0.05) is 39.4 Å². The number of sulfonamides is 1. The number of pyridine rings is 1. The van der Waals surface area contributed by atoms with Gasteiger partial charge in [-0.05, 0) is 25.0 Å².